The summed E-state index contributed by atoms with van der Waals surface area (Å²) in [5, 5.41) is 0. The summed E-state index contributed by atoms with van der Waals surface area (Å²) in [6.45, 7) is 0.320. The summed E-state index contributed by atoms with van der Waals surface area (Å²) < 4.78 is 25.0. The average molecular weight is 437 g/mol. The van der Waals surface area contributed by atoms with Gasteiger partial charge >= 0.3 is 5.97 Å². The number of nitrogens with one attached hydrogen (secondary N) is 1. The van der Waals surface area contributed by atoms with E-state index in [1.165, 1.54) is 35.0 Å². The maximum absolute atomic E-state index is 13.3. The summed E-state index contributed by atoms with van der Waals surface area (Å²) in [5.74, 6) is -1.93. The molecule has 9 heteroatoms. The molecule has 0 saturated carbocycles. The summed E-state index contributed by atoms with van der Waals surface area (Å²) in [6, 6.07) is 14.9. The number of rotatable bonds is 6. The van der Waals surface area contributed by atoms with Gasteiger partial charge in [0, 0.05) is 12.7 Å². The van der Waals surface area contributed by atoms with Gasteiger partial charge in [-0.15, -0.1) is 0 Å². The van der Waals surface area contributed by atoms with Crippen LogP contribution in [0.15, 0.2) is 65.6 Å². The van der Waals surface area contributed by atoms with E-state index >= 15 is 0 Å². The highest BCUT2D eigenvalue weighted by atomic mass is 19.1. The van der Waals surface area contributed by atoms with Gasteiger partial charge in [-0.05, 0) is 23.3 Å². The van der Waals surface area contributed by atoms with Crippen LogP contribution in [0, 0.1) is 5.82 Å². The number of pyridine rings is 1. The average Bonchev–Trinajstić information content (AvgIpc) is 2.81. The number of halogens is 1. The van der Waals surface area contributed by atoms with E-state index in [9.17, 15) is 18.8 Å². The number of amides is 1. The summed E-state index contributed by atoms with van der Waals surface area (Å²) in [6.07, 6.45) is 1.23. The summed E-state index contributed by atoms with van der Waals surface area (Å²) in [5.41, 5.74) is 3.45. The molecule has 1 aliphatic heterocycles. The molecule has 0 fully saturated rings. The van der Waals surface area contributed by atoms with Crippen molar-refractivity contribution >= 4 is 11.9 Å². The molecule has 2 heterocycles. The van der Waals surface area contributed by atoms with E-state index in [4.69, 9.17) is 9.47 Å². The molecular formula is C23H20FN3O5. The first-order valence-electron chi connectivity index (χ1n) is 9.80. The molecule has 1 aliphatic rings. The van der Waals surface area contributed by atoms with Gasteiger partial charge in [-0.3, -0.25) is 14.3 Å². The van der Waals surface area contributed by atoms with E-state index < -0.39 is 17.3 Å². The van der Waals surface area contributed by atoms with Crippen molar-refractivity contribution in [3.8, 4) is 5.75 Å². The highest BCUT2D eigenvalue weighted by molar-refractivity contribution is 5.98. The zero-order valence-corrected chi connectivity index (χ0v) is 17.2. The third-order valence-corrected chi connectivity index (χ3v) is 5.00. The molecule has 1 N–H and O–H groups in total. The lowest BCUT2D eigenvalue weighted by atomic mass is 10.1. The van der Waals surface area contributed by atoms with Crippen molar-refractivity contribution in [2.75, 3.05) is 19.2 Å². The number of esters is 1. The monoisotopic (exact) mass is 437 g/mol. The Balaban J connectivity index is 1.71. The fourth-order valence-corrected chi connectivity index (χ4v) is 3.36. The van der Waals surface area contributed by atoms with E-state index in [0.29, 0.717) is 0 Å². The smallest absolute Gasteiger partial charge is 0.343 e. The lowest BCUT2D eigenvalue weighted by Gasteiger charge is -2.32. The van der Waals surface area contributed by atoms with Crippen LogP contribution < -0.4 is 15.6 Å². The Hall–Kier alpha value is -4.14. The number of hydrogen-bond donors (Lipinski definition) is 1. The largest absolute Gasteiger partial charge is 0.482 e. The van der Waals surface area contributed by atoms with Gasteiger partial charge in [0.2, 0.25) is 5.43 Å². The Bertz CT molecular complexity index is 1210. The van der Waals surface area contributed by atoms with Crippen molar-refractivity contribution in [2.45, 2.75) is 13.2 Å². The van der Waals surface area contributed by atoms with Gasteiger partial charge in [0.1, 0.15) is 24.7 Å². The molecule has 164 valence electrons. The molecule has 0 spiro atoms. The Labute approximate surface area is 182 Å². The van der Waals surface area contributed by atoms with Gasteiger partial charge < -0.3 is 19.8 Å². The minimum Gasteiger partial charge on any atom is -0.482 e. The van der Waals surface area contributed by atoms with Crippen LogP contribution in [0.3, 0.4) is 0 Å². The number of nitrogens with zero attached hydrogens (tertiary/aromatic N) is 2. The highest BCUT2D eigenvalue weighted by Crippen LogP contribution is 2.22. The van der Waals surface area contributed by atoms with Crippen LogP contribution in [-0.2, 0) is 17.9 Å². The van der Waals surface area contributed by atoms with Crippen molar-refractivity contribution in [1.29, 1.82) is 0 Å². The van der Waals surface area contributed by atoms with Crippen molar-refractivity contribution in [1.82, 2.24) is 9.58 Å². The molecule has 0 unspecified atom stereocenters. The summed E-state index contributed by atoms with van der Waals surface area (Å²) in [4.78, 5) is 39.9. The van der Waals surface area contributed by atoms with Crippen molar-refractivity contribution in [3.63, 3.8) is 0 Å². The minimum absolute atomic E-state index is 0.0267. The maximum Gasteiger partial charge on any atom is 0.343 e. The van der Waals surface area contributed by atoms with Gasteiger partial charge in [-0.2, -0.15) is 0 Å². The summed E-state index contributed by atoms with van der Waals surface area (Å²) >= 11 is 0. The van der Waals surface area contributed by atoms with Crippen LogP contribution in [0.4, 0.5) is 4.39 Å². The number of methoxy groups -OCH3 is 1. The SMILES string of the molecule is COC(=O)c1cn2c(c(OCc3ccccc3)c1=O)C(=O)N(Cc1ccc(F)cc1)CN2. The number of aromatic nitrogens is 1. The lowest BCUT2D eigenvalue weighted by molar-refractivity contribution is 0.0593. The van der Waals surface area contributed by atoms with Gasteiger partial charge in [0.15, 0.2) is 11.4 Å². The number of ether oxygens (including phenoxy) is 2. The first kappa shape index (κ1) is 21.1. The van der Waals surface area contributed by atoms with Crippen LogP contribution >= 0.6 is 0 Å². The first-order valence-corrected chi connectivity index (χ1v) is 9.80. The predicted molar refractivity (Wildman–Crippen MR) is 113 cm³/mol. The summed E-state index contributed by atoms with van der Waals surface area (Å²) in [7, 11) is 1.17. The van der Waals surface area contributed by atoms with E-state index in [2.05, 4.69) is 5.43 Å². The Morgan fingerprint density at radius 1 is 1.06 bits per heavy atom. The molecule has 0 saturated heterocycles. The van der Waals surface area contributed by atoms with E-state index in [1.54, 1.807) is 12.1 Å². The normalized spacial score (nSPS) is 12.7. The predicted octanol–water partition coefficient (Wildman–Crippen LogP) is 2.51. The second kappa shape index (κ2) is 8.93. The molecular weight excluding hydrogens is 417 g/mol. The minimum atomic E-state index is -0.835. The van der Waals surface area contributed by atoms with Crippen LogP contribution in [0.25, 0.3) is 0 Å². The topological polar surface area (TPSA) is 89.9 Å². The van der Waals surface area contributed by atoms with Gasteiger partial charge in [0.25, 0.3) is 5.91 Å². The van der Waals surface area contributed by atoms with Crippen LogP contribution in [0.5, 0.6) is 5.75 Å². The number of carbonyl (C=O) groups excluding carboxylic acids is 2. The number of fused-ring (bicyclic) bond motifs is 1. The molecule has 1 aromatic heterocycles. The zero-order chi connectivity index (χ0) is 22.7. The molecule has 0 aliphatic carbocycles. The molecule has 3 aromatic rings. The molecule has 0 atom stereocenters. The van der Waals surface area contributed by atoms with Gasteiger partial charge in [0.05, 0.1) is 7.11 Å². The van der Waals surface area contributed by atoms with Crippen molar-refractivity contribution < 1.29 is 23.5 Å². The van der Waals surface area contributed by atoms with Crippen LogP contribution in [0.2, 0.25) is 0 Å². The van der Waals surface area contributed by atoms with E-state index in [0.717, 1.165) is 11.1 Å². The number of benzene rings is 2. The molecule has 0 bridgehead atoms. The molecule has 1 amide bonds. The third-order valence-electron chi connectivity index (χ3n) is 5.00. The second-order valence-corrected chi connectivity index (χ2v) is 7.13. The highest BCUT2D eigenvalue weighted by Gasteiger charge is 2.32. The molecule has 4 rings (SSSR count). The van der Waals surface area contributed by atoms with Crippen LogP contribution in [-0.4, -0.2) is 35.2 Å². The maximum atomic E-state index is 13.3. The number of carbonyl (C=O) groups is 2. The molecule has 32 heavy (non-hydrogen) atoms. The lowest BCUT2D eigenvalue weighted by Crippen LogP contribution is -2.46. The zero-order valence-electron chi connectivity index (χ0n) is 17.2. The van der Waals surface area contributed by atoms with Gasteiger partial charge in [-0.25, -0.2) is 9.18 Å². The Morgan fingerprint density at radius 2 is 1.78 bits per heavy atom. The fourth-order valence-electron chi connectivity index (χ4n) is 3.36. The third kappa shape index (κ3) is 4.18. The molecule has 2 aromatic carbocycles. The van der Waals surface area contributed by atoms with Gasteiger partial charge in [-0.1, -0.05) is 42.5 Å². The number of hydrogen-bond acceptors (Lipinski definition) is 6. The quantitative estimate of drug-likeness (QED) is 0.596. The first-order chi connectivity index (χ1) is 15.5. The van der Waals surface area contributed by atoms with Crippen molar-refractivity contribution in [2.24, 2.45) is 0 Å². The van der Waals surface area contributed by atoms with Crippen molar-refractivity contribution in [3.05, 3.63) is 99.2 Å². The fraction of sp³-hybridized carbons (Fsp3) is 0.174. The van der Waals surface area contributed by atoms with Crippen LogP contribution in [0.1, 0.15) is 32.0 Å². The molecule has 8 nitrogen and oxygen atoms in total. The second-order valence-electron chi connectivity index (χ2n) is 7.13. The Morgan fingerprint density at radius 3 is 2.47 bits per heavy atom. The van der Waals surface area contributed by atoms with E-state index in [1.807, 2.05) is 30.3 Å². The van der Waals surface area contributed by atoms with E-state index in [-0.39, 0.29) is 42.6 Å². The standard InChI is InChI=1S/C23H20FN3O5/c1-31-23(30)18-12-27-19(21(20(18)28)32-13-16-5-3-2-4-6-16)22(29)26(14-25-27)11-15-7-9-17(24)10-8-15/h2-10,12,25H,11,13-14H2,1H3. The molecule has 0 radical (unpaired) electrons. The Kier molecular flexibility index (Phi) is 5.89.